The minimum absolute atomic E-state index is 0.0457. The Balaban J connectivity index is 0. The van der Waals surface area contributed by atoms with E-state index in [1.807, 2.05) is 216 Å². The Kier molecular flexibility index (Phi) is 57.4. The second kappa shape index (κ2) is 61.5. The number of benzene rings is 6. The molecule has 0 spiro atoms. The standard InChI is InChI=1S/C10H8O2.C8H8O2.C8H10O.C8H8O.C7H8O.C7H14.C7H8.C6H13N.C6H8.C5H9NO.C5H7N.2C3H6O.2C2H6/c1-6-9(11)7-4-2-3-5-8(7)10(6)12;1-6-9-7-4-2-3-5-8(7)10-6;1-9-7-8-5-3-2-4-6-8;1-7(9)8-5-3-2-4-6-8;1-8-7-5-3-2-4-6-7;3*1-7-5-3-2-4-6-7;1-6-4-2-3-5-6;1-6-3-2-5(7)4-6;1-6-4-2-3-5-6;2*1-3(2)4;2*1-2/h2-6H,1H3;2-6H,1H3;2-6H,7H2,1H3;2-6H,1H3;2-6H,1H3;7H,2-6H2,1H3;2-6H,1H3;2-6H2,1H3;2-6H,1H3;2-4H2,1H3;2-5H,1H3;2*1-2H3;2*1-2H3. The van der Waals surface area contributed by atoms with Crippen LogP contribution >= 0.6 is 0 Å². The van der Waals surface area contributed by atoms with Gasteiger partial charge in [-0.15, -0.1) is 0 Å². The summed E-state index contributed by atoms with van der Waals surface area (Å²) in [6.07, 6.45) is 24.8. The van der Waals surface area contributed by atoms with Crippen LogP contribution in [0.1, 0.15) is 190 Å². The van der Waals surface area contributed by atoms with Crippen LogP contribution in [0, 0.1) is 24.7 Å². The van der Waals surface area contributed by atoms with Gasteiger partial charge >= 0.3 is 0 Å². The van der Waals surface area contributed by atoms with E-state index in [2.05, 4.69) is 69.2 Å². The van der Waals surface area contributed by atoms with Crippen molar-refractivity contribution in [1.82, 2.24) is 14.4 Å². The van der Waals surface area contributed by atoms with E-state index in [0.29, 0.717) is 36.0 Å². The van der Waals surface area contributed by atoms with Crippen LogP contribution in [0.4, 0.5) is 0 Å². The van der Waals surface area contributed by atoms with Crippen molar-refractivity contribution in [2.75, 3.05) is 54.5 Å². The molecular formula is C87H125N3O10. The number of rotatable bonds is 4. The molecule has 0 unspecified atom stereocenters. The lowest BCUT2D eigenvalue weighted by atomic mass is 9.91. The Morgan fingerprint density at radius 1 is 0.490 bits per heavy atom. The predicted octanol–water partition coefficient (Wildman–Crippen LogP) is 20.5. The highest BCUT2D eigenvalue weighted by Gasteiger charge is 2.34. The molecule has 3 aliphatic carbocycles. The Labute approximate surface area is 604 Å². The van der Waals surface area contributed by atoms with Gasteiger partial charge in [-0.2, -0.15) is 0 Å². The second-order valence-electron chi connectivity index (χ2n) is 24.2. The Morgan fingerprint density at radius 3 is 1.16 bits per heavy atom. The van der Waals surface area contributed by atoms with Crippen molar-refractivity contribution in [2.45, 2.75) is 168 Å². The number of ketones is 6. The molecule has 6 aliphatic rings. The monoisotopic (exact) mass is 1370 g/mol. The fraction of sp³-hybridized carbons (Fsp3) is 0.425. The van der Waals surface area contributed by atoms with Gasteiger partial charge in [-0.1, -0.05) is 256 Å². The van der Waals surface area contributed by atoms with Crippen molar-refractivity contribution >= 4 is 34.7 Å². The van der Waals surface area contributed by atoms with E-state index in [0.717, 1.165) is 41.7 Å². The van der Waals surface area contributed by atoms with Gasteiger partial charge in [-0.05, 0) is 142 Å². The zero-order valence-electron chi connectivity index (χ0n) is 64.4. The van der Waals surface area contributed by atoms with Crippen LogP contribution in [0.5, 0.6) is 17.2 Å². The van der Waals surface area contributed by atoms with Gasteiger partial charge < -0.3 is 38.0 Å². The van der Waals surface area contributed by atoms with Crippen molar-refractivity contribution in [3.8, 4) is 17.2 Å². The smallest absolute Gasteiger partial charge is 0.238 e. The van der Waals surface area contributed by atoms with Crippen LogP contribution in [-0.2, 0) is 32.8 Å². The molecule has 0 atom stereocenters. The van der Waals surface area contributed by atoms with Gasteiger partial charge in [0.1, 0.15) is 23.1 Å². The predicted molar refractivity (Wildman–Crippen MR) is 418 cm³/mol. The molecule has 7 aromatic rings. The number of aromatic nitrogens is 1. The maximum atomic E-state index is 11.4. The molecule has 13 nitrogen and oxygen atoms in total. The van der Waals surface area contributed by atoms with Crippen molar-refractivity contribution in [2.24, 2.45) is 24.8 Å². The van der Waals surface area contributed by atoms with Gasteiger partial charge in [-0.3, -0.25) is 24.1 Å². The van der Waals surface area contributed by atoms with Crippen LogP contribution < -0.4 is 14.2 Å². The van der Waals surface area contributed by atoms with Gasteiger partial charge in [0.15, 0.2) is 28.8 Å². The number of ether oxygens (including phenoxy) is 4. The average Bonchev–Trinajstić information content (AvgIpc) is 1.65. The molecule has 0 amide bonds. The lowest BCUT2D eigenvalue weighted by molar-refractivity contribution is -0.117. The van der Waals surface area contributed by atoms with Gasteiger partial charge in [0.2, 0.25) is 6.29 Å². The molecule has 13 rings (SSSR count). The molecule has 1 saturated carbocycles. The molecule has 3 fully saturated rings. The summed E-state index contributed by atoms with van der Waals surface area (Å²) in [5, 5.41) is 0. The van der Waals surface area contributed by atoms with Crippen molar-refractivity contribution in [3.05, 3.63) is 247 Å². The number of carbonyl (C=O) groups is 6. The topological polar surface area (TPSA) is 151 Å². The number of fused-ring (bicyclic) bond motifs is 2. The molecular weight excluding hydrogens is 1250 g/mol. The first-order valence-electron chi connectivity index (χ1n) is 35.5. The lowest BCUT2D eigenvalue weighted by Gasteiger charge is -2.20. The normalized spacial score (nSPS) is 14.1. The zero-order valence-corrected chi connectivity index (χ0v) is 64.4. The largest absolute Gasteiger partial charge is 0.497 e. The number of likely N-dealkylation sites (tertiary alicyclic amines) is 2. The summed E-state index contributed by atoms with van der Waals surface area (Å²) >= 11 is 0. The zero-order chi connectivity index (χ0) is 75.3. The first kappa shape index (κ1) is 93.4. The molecule has 2 saturated heterocycles. The molecule has 100 heavy (non-hydrogen) atoms. The number of carbonyl (C=O) groups excluding carboxylic acids is 6. The van der Waals surface area contributed by atoms with Crippen molar-refractivity contribution in [3.63, 3.8) is 0 Å². The number of hydrogen-bond acceptors (Lipinski definition) is 12. The number of piperidine rings is 1. The highest BCUT2D eigenvalue weighted by molar-refractivity contribution is 6.26. The number of para-hydroxylation sites is 3. The van der Waals surface area contributed by atoms with Gasteiger partial charge in [0.25, 0.3) is 0 Å². The highest BCUT2D eigenvalue weighted by Crippen LogP contribution is 2.33. The summed E-state index contributed by atoms with van der Waals surface area (Å²) in [6.45, 7) is 30.8. The summed E-state index contributed by atoms with van der Waals surface area (Å²) in [7, 11) is 9.52. The van der Waals surface area contributed by atoms with E-state index in [1.165, 1.54) is 103 Å². The SMILES string of the molecule is CC.CC.CC(=O)c1ccccc1.CC(C)=O.CC(C)=O.CC1C(=O)c2ccccc2C1=O.CC1C=CC=C1.CC1CCCCC1.CC1Oc2ccccc2O1.CN1CCC(=O)C1.CN1CCCCC1.COCc1ccccc1.COc1ccccc1.Cc1ccccc1.Cn1cccc1. The summed E-state index contributed by atoms with van der Waals surface area (Å²) in [5.41, 5.74) is 4.48. The highest BCUT2D eigenvalue weighted by atomic mass is 16.7. The number of Topliss-reactive ketones (excluding diaryl/α,β-unsaturated/α-hetero) is 6. The lowest BCUT2D eigenvalue weighted by Crippen LogP contribution is -2.24. The maximum absolute atomic E-state index is 11.4. The third-order valence-corrected chi connectivity index (χ3v) is 14.3. The molecule has 6 aromatic carbocycles. The third kappa shape index (κ3) is 50.7. The van der Waals surface area contributed by atoms with E-state index in [1.54, 1.807) is 52.3 Å². The fourth-order valence-corrected chi connectivity index (χ4v) is 9.13. The van der Waals surface area contributed by atoms with Gasteiger partial charge in [0.05, 0.1) is 26.2 Å². The molecule has 1 aromatic heterocycles. The van der Waals surface area contributed by atoms with Crippen LogP contribution in [0.3, 0.4) is 0 Å². The van der Waals surface area contributed by atoms with Crippen molar-refractivity contribution in [1.29, 1.82) is 0 Å². The van der Waals surface area contributed by atoms with E-state index in [-0.39, 0.29) is 35.2 Å². The molecule has 0 bridgehead atoms. The van der Waals surface area contributed by atoms with Crippen LogP contribution in [0.25, 0.3) is 0 Å². The van der Waals surface area contributed by atoms with E-state index < -0.39 is 5.92 Å². The quantitative estimate of drug-likeness (QED) is 0.122. The first-order valence-corrected chi connectivity index (χ1v) is 35.5. The molecule has 0 radical (unpaired) electrons. The van der Waals surface area contributed by atoms with E-state index in [4.69, 9.17) is 18.9 Å². The Bertz CT molecular complexity index is 3100. The number of methoxy groups -OCH3 is 2. The molecule has 13 heteroatoms. The number of nitrogens with zero attached hydrogens (tertiary/aromatic N) is 3. The van der Waals surface area contributed by atoms with Crippen LogP contribution in [0.2, 0.25) is 0 Å². The minimum Gasteiger partial charge on any atom is -0.497 e. The maximum Gasteiger partial charge on any atom is 0.238 e. The first-order chi connectivity index (χ1) is 48.0. The molecule has 3 aliphatic heterocycles. The summed E-state index contributed by atoms with van der Waals surface area (Å²) < 4.78 is 22.4. The van der Waals surface area contributed by atoms with Crippen molar-refractivity contribution < 1.29 is 47.7 Å². The average molecular weight is 1370 g/mol. The number of allylic oxidation sites excluding steroid dienone is 4. The number of aryl methyl sites for hydroxylation is 2. The number of likely N-dealkylation sites (N-methyl/N-ethyl adjacent to an activating group) is 1. The second-order valence-corrected chi connectivity index (χ2v) is 24.2. The van der Waals surface area contributed by atoms with E-state index >= 15 is 0 Å². The number of hydrogen-bond donors (Lipinski definition) is 0. The Hall–Kier alpha value is -8.62. The summed E-state index contributed by atoms with van der Waals surface area (Å²) in [5.74, 6) is 4.59. The Morgan fingerprint density at radius 2 is 0.890 bits per heavy atom. The van der Waals surface area contributed by atoms with Gasteiger partial charge in [0, 0.05) is 63.1 Å². The molecule has 4 heterocycles. The molecule has 0 N–H and O–H groups in total. The third-order valence-electron chi connectivity index (χ3n) is 14.3. The fourth-order valence-electron chi connectivity index (χ4n) is 9.13. The minimum atomic E-state index is -0.470. The summed E-state index contributed by atoms with van der Waals surface area (Å²) in [4.78, 5) is 67.1. The van der Waals surface area contributed by atoms with Crippen LogP contribution in [0.15, 0.2) is 219 Å². The van der Waals surface area contributed by atoms with Crippen LogP contribution in [-0.4, -0.2) is 110 Å². The summed E-state index contributed by atoms with van der Waals surface area (Å²) in [6, 6.07) is 57.9. The van der Waals surface area contributed by atoms with Gasteiger partial charge in [-0.25, -0.2) is 0 Å². The molecule has 548 valence electrons. The van der Waals surface area contributed by atoms with E-state index in [9.17, 15) is 28.8 Å².